The molecule has 0 aromatic heterocycles. The predicted octanol–water partition coefficient (Wildman–Crippen LogP) is 0.477. The first-order valence-electron chi connectivity index (χ1n) is 4.87. The number of hydrogen-bond donors (Lipinski definition) is 1. The summed E-state index contributed by atoms with van der Waals surface area (Å²) in [7, 11) is 0. The molecule has 0 saturated heterocycles. The minimum Gasteiger partial charge on any atom is -0.430 e. The highest BCUT2D eigenvalue weighted by molar-refractivity contribution is 5.81. The second-order valence-corrected chi connectivity index (χ2v) is 2.74. The summed E-state index contributed by atoms with van der Waals surface area (Å²) >= 11 is 0. The molecule has 0 spiro atoms. The summed E-state index contributed by atoms with van der Waals surface area (Å²) in [5.74, 6) is -0.552. The molecule has 0 aromatic rings. The van der Waals surface area contributed by atoms with Gasteiger partial charge in [0.1, 0.15) is 6.61 Å². The zero-order valence-corrected chi connectivity index (χ0v) is 8.98. The molecule has 1 atom stereocenters. The maximum atomic E-state index is 10.9. The van der Waals surface area contributed by atoms with Crippen LogP contribution >= 0.6 is 0 Å². The number of hydrogen-bond acceptors (Lipinski definition) is 5. The van der Waals surface area contributed by atoms with Gasteiger partial charge >= 0.3 is 5.97 Å². The zero-order valence-electron chi connectivity index (χ0n) is 8.98. The normalized spacial score (nSPS) is 12.1. The van der Waals surface area contributed by atoms with Crippen molar-refractivity contribution < 1.29 is 24.1 Å². The minimum absolute atomic E-state index is 0.0735. The number of aliphatic hydroxyl groups excluding tert-OH is 1. The lowest BCUT2D eigenvalue weighted by Gasteiger charge is -2.17. The molecule has 0 fully saturated rings. The summed E-state index contributed by atoms with van der Waals surface area (Å²) in [4.78, 5) is 10.9. The van der Waals surface area contributed by atoms with E-state index in [9.17, 15) is 4.79 Å². The van der Waals surface area contributed by atoms with Crippen LogP contribution in [0.25, 0.3) is 0 Å². The van der Waals surface area contributed by atoms with Gasteiger partial charge in [0.05, 0.1) is 19.8 Å². The third-order valence-electron chi connectivity index (χ3n) is 1.41. The van der Waals surface area contributed by atoms with Crippen molar-refractivity contribution >= 4 is 5.97 Å². The molecule has 0 aliphatic carbocycles. The third kappa shape index (κ3) is 8.11. The van der Waals surface area contributed by atoms with E-state index >= 15 is 0 Å². The first-order chi connectivity index (χ1) is 7.24. The van der Waals surface area contributed by atoms with Gasteiger partial charge in [-0.05, 0) is 6.42 Å². The molecule has 15 heavy (non-hydrogen) atoms. The maximum absolute atomic E-state index is 10.9. The van der Waals surface area contributed by atoms with Crippen molar-refractivity contribution in [3.05, 3.63) is 12.7 Å². The Morgan fingerprint density at radius 2 is 2.27 bits per heavy atom. The van der Waals surface area contributed by atoms with Crippen molar-refractivity contribution in [1.82, 2.24) is 0 Å². The van der Waals surface area contributed by atoms with Crippen LogP contribution in [0.1, 0.15) is 13.3 Å². The molecule has 0 aromatic carbocycles. The molecular formula is C10H18O5. The summed E-state index contributed by atoms with van der Waals surface area (Å²) in [6.45, 7) is 5.94. The molecule has 0 bridgehead atoms. The van der Waals surface area contributed by atoms with Crippen molar-refractivity contribution in [1.29, 1.82) is 0 Å². The number of carbonyl (C=O) groups is 1. The van der Waals surface area contributed by atoms with Gasteiger partial charge in [0, 0.05) is 6.08 Å². The van der Waals surface area contributed by atoms with Crippen LogP contribution in [0.5, 0.6) is 0 Å². The fourth-order valence-corrected chi connectivity index (χ4v) is 0.787. The van der Waals surface area contributed by atoms with Gasteiger partial charge in [-0.25, -0.2) is 4.79 Å². The Labute approximate surface area is 89.6 Å². The first kappa shape index (κ1) is 14.1. The monoisotopic (exact) mass is 218 g/mol. The highest BCUT2D eigenvalue weighted by Gasteiger charge is 2.12. The van der Waals surface area contributed by atoms with Crippen LogP contribution in [-0.2, 0) is 19.0 Å². The maximum Gasteiger partial charge on any atom is 0.332 e. The van der Waals surface area contributed by atoms with Crippen LogP contribution in [0, 0.1) is 0 Å². The van der Waals surface area contributed by atoms with Gasteiger partial charge < -0.3 is 19.3 Å². The molecule has 88 valence electrons. The fourth-order valence-electron chi connectivity index (χ4n) is 0.787. The Hall–Kier alpha value is -0.910. The number of carbonyl (C=O) groups excluding carboxylic acids is 1. The standard InChI is InChI=1S/C10H18O5/c1-3-6-14-10(8-13-7-5-11)15-9(12)4-2/h4,10-11H,2-3,5-8H2,1H3. The van der Waals surface area contributed by atoms with E-state index in [1.54, 1.807) is 0 Å². The van der Waals surface area contributed by atoms with Crippen LogP contribution < -0.4 is 0 Å². The molecule has 0 rings (SSSR count). The Kier molecular flexibility index (Phi) is 9.05. The van der Waals surface area contributed by atoms with Gasteiger partial charge in [-0.1, -0.05) is 13.5 Å². The number of esters is 1. The number of rotatable bonds is 9. The lowest BCUT2D eigenvalue weighted by Crippen LogP contribution is -2.26. The average Bonchev–Trinajstić information content (AvgIpc) is 2.25. The van der Waals surface area contributed by atoms with Gasteiger partial charge in [-0.15, -0.1) is 0 Å². The smallest absolute Gasteiger partial charge is 0.332 e. The Morgan fingerprint density at radius 1 is 1.53 bits per heavy atom. The summed E-state index contributed by atoms with van der Waals surface area (Å²) in [5.41, 5.74) is 0. The summed E-state index contributed by atoms with van der Waals surface area (Å²) in [6, 6.07) is 0. The molecule has 0 saturated carbocycles. The van der Waals surface area contributed by atoms with Crippen molar-refractivity contribution in [2.24, 2.45) is 0 Å². The molecule has 1 N–H and O–H groups in total. The summed E-state index contributed by atoms with van der Waals surface area (Å²) in [6.07, 6.45) is 1.15. The van der Waals surface area contributed by atoms with E-state index in [0.29, 0.717) is 6.61 Å². The fraction of sp³-hybridized carbons (Fsp3) is 0.700. The highest BCUT2D eigenvalue weighted by atomic mass is 16.7. The average molecular weight is 218 g/mol. The molecule has 0 radical (unpaired) electrons. The van der Waals surface area contributed by atoms with Crippen LogP contribution in [-0.4, -0.2) is 43.8 Å². The molecule has 0 heterocycles. The molecule has 1 unspecified atom stereocenters. The summed E-state index contributed by atoms with van der Waals surface area (Å²) < 4.78 is 15.1. The quantitative estimate of drug-likeness (QED) is 0.264. The van der Waals surface area contributed by atoms with E-state index in [1.807, 2.05) is 6.92 Å². The Bertz CT molecular complexity index is 181. The zero-order chi connectivity index (χ0) is 11.5. The minimum atomic E-state index is -0.734. The van der Waals surface area contributed by atoms with Crippen LogP contribution in [0.4, 0.5) is 0 Å². The van der Waals surface area contributed by atoms with E-state index in [-0.39, 0.29) is 19.8 Å². The lowest BCUT2D eigenvalue weighted by molar-refractivity contribution is -0.186. The Balaban J connectivity index is 3.82. The van der Waals surface area contributed by atoms with E-state index < -0.39 is 12.3 Å². The molecule has 0 aliphatic heterocycles. The van der Waals surface area contributed by atoms with E-state index in [4.69, 9.17) is 19.3 Å². The predicted molar refractivity (Wildman–Crippen MR) is 54.2 cm³/mol. The van der Waals surface area contributed by atoms with Crippen molar-refractivity contribution in [2.45, 2.75) is 19.6 Å². The SMILES string of the molecule is C=CC(=O)OC(COCCO)OCCC. The van der Waals surface area contributed by atoms with Crippen LogP contribution in [0.2, 0.25) is 0 Å². The van der Waals surface area contributed by atoms with Crippen LogP contribution in [0.3, 0.4) is 0 Å². The molecule has 5 heteroatoms. The lowest BCUT2D eigenvalue weighted by atomic mass is 10.5. The molecular weight excluding hydrogens is 200 g/mol. The van der Waals surface area contributed by atoms with Crippen molar-refractivity contribution in [2.75, 3.05) is 26.4 Å². The first-order valence-corrected chi connectivity index (χ1v) is 4.87. The number of aliphatic hydroxyl groups is 1. The van der Waals surface area contributed by atoms with Crippen LogP contribution in [0.15, 0.2) is 12.7 Å². The van der Waals surface area contributed by atoms with E-state index in [1.165, 1.54) is 0 Å². The van der Waals surface area contributed by atoms with Crippen molar-refractivity contribution in [3.63, 3.8) is 0 Å². The topological polar surface area (TPSA) is 65.0 Å². The highest BCUT2D eigenvalue weighted by Crippen LogP contribution is 1.99. The summed E-state index contributed by atoms with van der Waals surface area (Å²) in [5, 5.41) is 8.49. The van der Waals surface area contributed by atoms with Gasteiger partial charge in [-0.2, -0.15) is 0 Å². The number of ether oxygens (including phenoxy) is 3. The molecule has 5 nitrogen and oxygen atoms in total. The van der Waals surface area contributed by atoms with Gasteiger partial charge in [0.2, 0.25) is 6.29 Å². The molecule has 0 amide bonds. The molecule has 0 aliphatic rings. The van der Waals surface area contributed by atoms with Crippen molar-refractivity contribution in [3.8, 4) is 0 Å². The van der Waals surface area contributed by atoms with E-state index in [0.717, 1.165) is 12.5 Å². The van der Waals surface area contributed by atoms with Gasteiger partial charge in [-0.3, -0.25) is 0 Å². The van der Waals surface area contributed by atoms with Gasteiger partial charge in [0.15, 0.2) is 0 Å². The third-order valence-corrected chi connectivity index (χ3v) is 1.41. The Morgan fingerprint density at radius 3 is 2.80 bits per heavy atom. The van der Waals surface area contributed by atoms with Gasteiger partial charge in [0.25, 0.3) is 0 Å². The largest absolute Gasteiger partial charge is 0.430 e. The second-order valence-electron chi connectivity index (χ2n) is 2.74. The van der Waals surface area contributed by atoms with E-state index in [2.05, 4.69) is 6.58 Å². The second kappa shape index (κ2) is 9.64.